The molecule has 1 unspecified atom stereocenters. The van der Waals surface area contributed by atoms with Gasteiger partial charge in [-0.3, -0.25) is 14.4 Å². The maximum atomic E-state index is 15.4. The van der Waals surface area contributed by atoms with E-state index in [9.17, 15) is 30.9 Å². The third-order valence-electron chi connectivity index (χ3n) is 6.41. The van der Waals surface area contributed by atoms with Gasteiger partial charge in [-0.05, 0) is 51.0 Å². The minimum atomic E-state index is -5.33. The van der Waals surface area contributed by atoms with Gasteiger partial charge in [-0.1, -0.05) is 0 Å². The number of benzene rings is 1. The highest BCUT2D eigenvalue weighted by atomic mass is 32.2. The Morgan fingerprint density at radius 1 is 1.18 bits per heavy atom. The molecule has 1 saturated heterocycles. The molecule has 1 atom stereocenters. The number of nitriles is 1. The molecule has 0 bridgehead atoms. The Labute approximate surface area is 225 Å². The van der Waals surface area contributed by atoms with Crippen molar-refractivity contribution in [2.45, 2.75) is 50.3 Å². The highest BCUT2D eigenvalue weighted by Gasteiger charge is 2.56. The van der Waals surface area contributed by atoms with Crippen LogP contribution in [0.5, 0.6) is 0 Å². The Kier molecular flexibility index (Phi) is 7.46. The van der Waals surface area contributed by atoms with Gasteiger partial charge >= 0.3 is 16.3 Å². The molecule has 1 aromatic carbocycles. The average Bonchev–Trinajstić information content (AvgIpc) is 3.46. The van der Waals surface area contributed by atoms with Crippen LogP contribution in [0.2, 0.25) is 0 Å². The Bertz CT molecular complexity index is 1610. The molecule has 3 aromatic rings. The van der Waals surface area contributed by atoms with Crippen LogP contribution >= 0.6 is 0 Å². The molecule has 40 heavy (non-hydrogen) atoms. The van der Waals surface area contributed by atoms with E-state index in [-0.39, 0.29) is 5.69 Å². The molecule has 0 spiro atoms. The van der Waals surface area contributed by atoms with E-state index in [1.54, 1.807) is 6.07 Å². The summed E-state index contributed by atoms with van der Waals surface area (Å²) in [5.74, 6) is 0.0481. The number of hydrogen-bond donors (Lipinski definition) is 1. The molecule has 1 aliphatic heterocycles. The molecule has 0 aliphatic carbocycles. The molecule has 1 aliphatic rings. The van der Waals surface area contributed by atoms with Crippen LogP contribution in [0.4, 0.5) is 28.9 Å². The van der Waals surface area contributed by atoms with Crippen molar-refractivity contribution in [3.05, 3.63) is 77.1 Å². The molecule has 0 amide bonds. The smallest absolute Gasteiger partial charge is 0.420 e. The quantitative estimate of drug-likeness (QED) is 0.245. The number of nitrogens with zero attached hydrogens (tertiary/aromatic N) is 5. The van der Waals surface area contributed by atoms with Gasteiger partial charge in [0.2, 0.25) is 5.50 Å². The minimum Gasteiger partial charge on any atom is -0.449 e. The van der Waals surface area contributed by atoms with Crippen molar-refractivity contribution in [1.82, 2.24) is 9.97 Å². The Morgan fingerprint density at radius 3 is 2.42 bits per heavy atom. The molecule has 1 fully saturated rings. The highest BCUT2D eigenvalue weighted by Crippen LogP contribution is 2.47. The van der Waals surface area contributed by atoms with Crippen molar-refractivity contribution in [2.24, 2.45) is 0 Å². The second-order valence-corrected chi connectivity index (χ2v) is 10.8. The monoisotopic (exact) mass is 579 g/mol. The number of aryl methyl sites for hydroxylation is 2. The first kappa shape index (κ1) is 28.8. The summed E-state index contributed by atoms with van der Waals surface area (Å²) in [6, 6.07) is 5.65. The summed E-state index contributed by atoms with van der Waals surface area (Å²) in [4.78, 5) is 21.9. The number of aromatic nitrogens is 2. The highest BCUT2D eigenvalue weighted by molar-refractivity contribution is 7.86. The van der Waals surface area contributed by atoms with Crippen molar-refractivity contribution in [2.75, 3.05) is 9.80 Å². The zero-order valence-electron chi connectivity index (χ0n) is 21.0. The summed E-state index contributed by atoms with van der Waals surface area (Å²) in [5.41, 5.74) is -7.84. The minimum absolute atomic E-state index is 0.0597. The van der Waals surface area contributed by atoms with Crippen LogP contribution in [0.15, 0.2) is 53.0 Å². The molecule has 210 valence electrons. The van der Waals surface area contributed by atoms with Crippen molar-refractivity contribution in [3.8, 4) is 6.07 Å². The summed E-state index contributed by atoms with van der Waals surface area (Å²) in [7, 11) is -5.25. The van der Waals surface area contributed by atoms with Crippen LogP contribution in [0.25, 0.3) is 0 Å². The Balaban J connectivity index is 1.79. The normalized spacial score (nSPS) is 17.1. The van der Waals surface area contributed by atoms with Crippen molar-refractivity contribution in [1.29, 1.82) is 5.26 Å². The van der Waals surface area contributed by atoms with Crippen LogP contribution in [-0.4, -0.2) is 39.9 Å². The zero-order chi connectivity index (χ0) is 29.5. The number of carbonyl (C=O) groups excluding carboxylic acids is 1. The molecule has 0 radical (unpaired) electrons. The van der Waals surface area contributed by atoms with Gasteiger partial charge in [-0.25, -0.2) is 14.2 Å². The predicted molar refractivity (Wildman–Crippen MR) is 132 cm³/mol. The van der Waals surface area contributed by atoms with Gasteiger partial charge < -0.3 is 9.32 Å². The SMILES string of the molecule is CC1(C)C(=C=O)N(c2ccc(C#N)c(C(F)(F)F)c2F)C(S(=O)(=O)O)N1c1ccc(CCCc2ncco2)nc1. The van der Waals surface area contributed by atoms with Crippen molar-refractivity contribution < 1.29 is 39.7 Å². The van der Waals surface area contributed by atoms with Gasteiger partial charge in [0.1, 0.15) is 23.5 Å². The number of rotatable bonds is 7. The number of hydrogen-bond acceptors (Lipinski definition) is 9. The third kappa shape index (κ3) is 5.16. The summed E-state index contributed by atoms with van der Waals surface area (Å²) in [6.45, 7) is 2.70. The van der Waals surface area contributed by atoms with Crippen LogP contribution < -0.4 is 9.80 Å². The van der Waals surface area contributed by atoms with E-state index >= 15 is 4.39 Å². The van der Waals surface area contributed by atoms with Crippen LogP contribution in [0.3, 0.4) is 0 Å². The largest absolute Gasteiger partial charge is 0.449 e. The van der Waals surface area contributed by atoms with Crippen molar-refractivity contribution >= 4 is 27.4 Å². The summed E-state index contributed by atoms with van der Waals surface area (Å²) >= 11 is 0. The number of halogens is 4. The molecule has 1 N–H and O–H groups in total. The van der Waals surface area contributed by atoms with E-state index in [0.717, 1.165) is 11.0 Å². The maximum Gasteiger partial charge on any atom is 0.420 e. The fourth-order valence-corrected chi connectivity index (χ4v) is 5.80. The third-order valence-corrected chi connectivity index (χ3v) is 7.36. The van der Waals surface area contributed by atoms with E-state index in [0.29, 0.717) is 41.8 Å². The van der Waals surface area contributed by atoms with Crippen LogP contribution in [0, 0.1) is 17.1 Å². The second-order valence-electron chi connectivity index (χ2n) is 9.31. The fraction of sp³-hybridized carbons (Fsp3) is 0.320. The molecular formula is C25H21F4N5O5S. The molecular weight excluding hydrogens is 558 g/mol. The molecule has 15 heteroatoms. The first-order valence-electron chi connectivity index (χ1n) is 11.7. The van der Waals surface area contributed by atoms with E-state index in [2.05, 4.69) is 9.97 Å². The number of oxazole rings is 1. The van der Waals surface area contributed by atoms with E-state index in [1.165, 1.54) is 50.6 Å². The van der Waals surface area contributed by atoms with E-state index in [4.69, 9.17) is 9.68 Å². The van der Waals surface area contributed by atoms with E-state index < -0.39 is 55.7 Å². The summed E-state index contributed by atoms with van der Waals surface area (Å²) < 4.78 is 97.2. The lowest BCUT2D eigenvalue weighted by atomic mass is 9.99. The fourth-order valence-electron chi connectivity index (χ4n) is 4.67. The summed E-state index contributed by atoms with van der Waals surface area (Å²) in [6.07, 6.45) is 0.569. The Morgan fingerprint density at radius 2 is 1.90 bits per heavy atom. The number of anilines is 2. The predicted octanol–water partition coefficient (Wildman–Crippen LogP) is 4.27. The van der Waals surface area contributed by atoms with Gasteiger partial charge in [-0.15, -0.1) is 0 Å². The van der Waals surface area contributed by atoms with Gasteiger partial charge in [0.25, 0.3) is 0 Å². The first-order valence-corrected chi connectivity index (χ1v) is 13.2. The topological polar surface area (TPSA) is 141 Å². The van der Waals surface area contributed by atoms with Gasteiger partial charge in [0, 0.05) is 12.1 Å². The lowest BCUT2D eigenvalue weighted by Gasteiger charge is -2.34. The standard InChI is InChI=1S/C25H21F4N5O5S/c1-24(2)19(14-35)33(18-9-6-15(12-30)21(22(18)26)25(27,28)29)23(40(36,37)38)34(24)17-8-7-16(32-13-17)4-3-5-20-31-10-11-39-20/h6-11,13,23H,3-5H2,1-2H3,(H,36,37,38). The number of pyridine rings is 1. The molecule has 2 aromatic heterocycles. The maximum absolute atomic E-state index is 15.4. The first-order chi connectivity index (χ1) is 18.7. The zero-order valence-corrected chi connectivity index (χ0v) is 21.8. The van der Waals surface area contributed by atoms with E-state index in [1.807, 2.05) is 0 Å². The van der Waals surface area contributed by atoms with Crippen molar-refractivity contribution in [3.63, 3.8) is 0 Å². The number of alkyl halides is 3. The molecule has 0 saturated carbocycles. The van der Waals surface area contributed by atoms with Gasteiger partial charge in [0.15, 0.2) is 11.7 Å². The van der Waals surface area contributed by atoms with Gasteiger partial charge in [0.05, 0.1) is 40.9 Å². The molecule has 10 nitrogen and oxygen atoms in total. The lowest BCUT2D eigenvalue weighted by Crippen LogP contribution is -2.49. The summed E-state index contributed by atoms with van der Waals surface area (Å²) in [5, 5.41) is 9.08. The lowest BCUT2D eigenvalue weighted by molar-refractivity contribution is -0.140. The van der Waals surface area contributed by atoms with Gasteiger partial charge in [-0.2, -0.15) is 26.9 Å². The van der Waals surface area contributed by atoms with Crippen LogP contribution in [-0.2, 0) is 33.9 Å². The average molecular weight is 580 g/mol. The second kappa shape index (κ2) is 10.4. The molecule has 3 heterocycles. The Hall–Kier alpha value is -4.25. The van der Waals surface area contributed by atoms with Crippen LogP contribution in [0.1, 0.15) is 43.0 Å². The molecule has 4 rings (SSSR count).